The molecule has 4 aromatic rings. The zero-order chi connectivity index (χ0) is 30.7. The van der Waals surface area contributed by atoms with Gasteiger partial charge >= 0.3 is 0 Å². The van der Waals surface area contributed by atoms with Gasteiger partial charge in [0.2, 0.25) is 17.2 Å². The van der Waals surface area contributed by atoms with Crippen molar-refractivity contribution in [1.82, 2.24) is 38.3 Å². The number of alkyl halides is 2. The van der Waals surface area contributed by atoms with Crippen LogP contribution in [-0.2, 0) is 24.2 Å². The predicted octanol–water partition coefficient (Wildman–Crippen LogP) is 4.64. The summed E-state index contributed by atoms with van der Waals surface area (Å²) < 4.78 is 38.8. The lowest BCUT2D eigenvalue weighted by Gasteiger charge is -2.28. The zero-order valence-corrected chi connectivity index (χ0v) is 25.4. The summed E-state index contributed by atoms with van der Waals surface area (Å²) in [5.74, 6) is 0.250. The minimum Gasteiger partial charge on any atom is -0.381 e. The van der Waals surface area contributed by atoms with Crippen molar-refractivity contribution in [3.63, 3.8) is 0 Å². The van der Waals surface area contributed by atoms with E-state index in [-0.39, 0.29) is 29.9 Å². The van der Waals surface area contributed by atoms with Crippen molar-refractivity contribution in [2.75, 3.05) is 13.2 Å². The van der Waals surface area contributed by atoms with Gasteiger partial charge in [0.05, 0.1) is 0 Å². The zero-order valence-electron chi connectivity index (χ0n) is 25.4. The number of hydrogen-bond acceptors (Lipinski definition) is 7. The molecule has 7 rings (SSSR count). The van der Waals surface area contributed by atoms with Crippen LogP contribution in [0.15, 0.2) is 34.4 Å². The second-order valence-corrected chi connectivity index (χ2v) is 12.7. The van der Waals surface area contributed by atoms with Crippen LogP contribution in [0.3, 0.4) is 0 Å². The van der Waals surface area contributed by atoms with Crippen molar-refractivity contribution < 1.29 is 13.5 Å². The molecule has 238 valence electrons. The molecule has 0 atom stereocenters. The van der Waals surface area contributed by atoms with E-state index in [0.717, 1.165) is 57.1 Å². The van der Waals surface area contributed by atoms with E-state index in [0.29, 0.717) is 42.5 Å². The molecule has 5 heterocycles. The molecular weight excluding hydrogens is 570 g/mol. The van der Waals surface area contributed by atoms with Crippen LogP contribution in [0.2, 0.25) is 0 Å². The van der Waals surface area contributed by atoms with Crippen LogP contribution in [0.4, 0.5) is 8.78 Å². The molecule has 44 heavy (non-hydrogen) atoms. The van der Waals surface area contributed by atoms with Crippen LogP contribution < -0.4 is 11.1 Å². The van der Waals surface area contributed by atoms with E-state index in [1.54, 1.807) is 21.4 Å². The fraction of sp³-hybridized carbons (Fsp3) is 0.677. The third kappa shape index (κ3) is 6.62. The summed E-state index contributed by atoms with van der Waals surface area (Å²) in [4.78, 5) is 25.1. The Morgan fingerprint density at radius 2 is 1.34 bits per heavy atom. The smallest absolute Gasteiger partial charge is 0.296 e. The largest absolute Gasteiger partial charge is 0.381 e. The van der Waals surface area contributed by atoms with E-state index in [1.165, 1.54) is 25.7 Å². The molecule has 11 nitrogen and oxygen atoms in total. The Hall–Kier alpha value is -3.48. The Morgan fingerprint density at radius 1 is 0.773 bits per heavy atom. The fourth-order valence-electron chi connectivity index (χ4n) is 6.86. The summed E-state index contributed by atoms with van der Waals surface area (Å²) in [6, 6.07) is 0. The van der Waals surface area contributed by atoms with Gasteiger partial charge in [0.25, 0.3) is 11.1 Å². The molecule has 0 aromatic carbocycles. The van der Waals surface area contributed by atoms with Gasteiger partial charge in [-0.05, 0) is 56.8 Å². The number of hydrogen-bond donors (Lipinski definition) is 0. The van der Waals surface area contributed by atoms with Crippen LogP contribution in [0.25, 0.3) is 11.3 Å². The quantitative estimate of drug-likeness (QED) is 0.299. The molecule has 2 saturated carbocycles. The highest BCUT2D eigenvalue weighted by Gasteiger charge is 2.35. The minimum absolute atomic E-state index is 0.0137. The second kappa shape index (κ2) is 13.3. The summed E-state index contributed by atoms with van der Waals surface area (Å²) >= 11 is 0. The summed E-state index contributed by atoms with van der Waals surface area (Å²) in [7, 11) is 0. The molecular formula is C31H42F2N8O3. The molecule has 0 unspecified atom stereocenters. The molecule has 13 heteroatoms. The summed E-state index contributed by atoms with van der Waals surface area (Å²) in [5.41, 5.74) is 0.559. The Kier molecular flexibility index (Phi) is 9.20. The average molecular weight is 613 g/mol. The van der Waals surface area contributed by atoms with Gasteiger partial charge in [0, 0.05) is 76.3 Å². The van der Waals surface area contributed by atoms with Gasteiger partial charge in [0.15, 0.2) is 0 Å². The topological polar surface area (TPSA) is 114 Å². The first-order valence-corrected chi connectivity index (χ1v) is 16.2. The van der Waals surface area contributed by atoms with Crippen molar-refractivity contribution in [3.8, 4) is 0 Å². The van der Waals surface area contributed by atoms with E-state index in [4.69, 9.17) is 4.74 Å². The van der Waals surface area contributed by atoms with Crippen LogP contribution in [0.5, 0.6) is 0 Å². The molecule has 4 aromatic heterocycles. The third-order valence-corrected chi connectivity index (χ3v) is 9.47. The van der Waals surface area contributed by atoms with E-state index >= 15 is 0 Å². The number of fused-ring (bicyclic) bond motifs is 2. The number of aromatic nitrogens is 8. The standard InChI is InChI=1S/C16H22N4O2.C15H20F2N4O/c21-16-15-18-17-14(13-5-9-22-10-6-13)20(15)8-7-19(16)11-12-3-1-2-4-12;1-2-3-12-18-19-13-14(22)20(8-9-21(12)13)10-11-4-6-15(16,17)7-5-11/h7-8,12-13H,1-6,9-11H2;8-9,11H,2-7,10H2,1H3. The molecule has 0 N–H and O–H groups in total. The maximum absolute atomic E-state index is 13.2. The molecule has 0 amide bonds. The monoisotopic (exact) mass is 612 g/mol. The van der Waals surface area contributed by atoms with E-state index in [1.807, 2.05) is 28.3 Å². The Balaban J connectivity index is 0.000000156. The van der Waals surface area contributed by atoms with Crippen LogP contribution >= 0.6 is 0 Å². The molecule has 0 spiro atoms. The number of rotatable bonds is 7. The summed E-state index contributed by atoms with van der Waals surface area (Å²) in [5, 5.41) is 16.5. The van der Waals surface area contributed by atoms with Crippen molar-refractivity contribution in [2.45, 2.75) is 109 Å². The molecule has 3 fully saturated rings. The fourth-order valence-corrected chi connectivity index (χ4v) is 6.86. The van der Waals surface area contributed by atoms with Gasteiger partial charge in [-0.3, -0.25) is 18.4 Å². The van der Waals surface area contributed by atoms with Gasteiger partial charge < -0.3 is 13.9 Å². The Bertz CT molecular complexity index is 1670. The number of aryl methyl sites for hydroxylation is 1. The highest BCUT2D eigenvalue weighted by atomic mass is 19.3. The van der Waals surface area contributed by atoms with Crippen molar-refractivity contribution in [1.29, 1.82) is 0 Å². The van der Waals surface area contributed by atoms with Crippen LogP contribution in [-0.4, -0.2) is 57.5 Å². The van der Waals surface area contributed by atoms with E-state index < -0.39 is 5.92 Å². The third-order valence-electron chi connectivity index (χ3n) is 9.47. The number of ether oxygens (including phenoxy) is 1. The second-order valence-electron chi connectivity index (χ2n) is 12.7. The van der Waals surface area contributed by atoms with E-state index in [9.17, 15) is 18.4 Å². The van der Waals surface area contributed by atoms with Gasteiger partial charge in [-0.1, -0.05) is 19.8 Å². The first-order valence-electron chi connectivity index (χ1n) is 16.2. The molecule has 1 saturated heterocycles. The van der Waals surface area contributed by atoms with Gasteiger partial charge in [0.1, 0.15) is 11.6 Å². The number of nitrogens with zero attached hydrogens (tertiary/aromatic N) is 8. The molecule has 3 aliphatic rings. The average Bonchev–Trinajstić information content (AvgIpc) is 3.79. The summed E-state index contributed by atoms with van der Waals surface area (Å²) in [6.45, 7) is 4.86. The highest BCUT2D eigenvalue weighted by Crippen LogP contribution is 2.36. The van der Waals surface area contributed by atoms with Crippen LogP contribution in [0.1, 0.15) is 95.1 Å². The molecule has 0 radical (unpaired) electrons. The normalized spacial score (nSPS) is 19.9. The lowest BCUT2D eigenvalue weighted by molar-refractivity contribution is -0.0474. The van der Waals surface area contributed by atoms with Crippen molar-refractivity contribution in [3.05, 3.63) is 57.1 Å². The van der Waals surface area contributed by atoms with Crippen molar-refractivity contribution in [2.24, 2.45) is 11.8 Å². The van der Waals surface area contributed by atoms with Gasteiger partial charge in [-0.2, -0.15) is 0 Å². The molecule has 0 bridgehead atoms. The maximum Gasteiger partial charge on any atom is 0.296 e. The lowest BCUT2D eigenvalue weighted by Crippen LogP contribution is -2.30. The first-order chi connectivity index (χ1) is 21.3. The summed E-state index contributed by atoms with van der Waals surface area (Å²) in [6.07, 6.45) is 16.8. The minimum atomic E-state index is -2.53. The van der Waals surface area contributed by atoms with Crippen molar-refractivity contribution >= 4 is 11.3 Å². The maximum atomic E-state index is 13.2. The first kappa shape index (κ1) is 30.5. The van der Waals surface area contributed by atoms with E-state index in [2.05, 4.69) is 20.4 Å². The lowest BCUT2D eigenvalue weighted by atomic mass is 9.87. The highest BCUT2D eigenvalue weighted by molar-refractivity contribution is 5.36. The van der Waals surface area contributed by atoms with Gasteiger partial charge in [-0.15, -0.1) is 20.4 Å². The predicted molar refractivity (Wildman–Crippen MR) is 160 cm³/mol. The molecule has 1 aliphatic heterocycles. The Labute approximate surface area is 254 Å². The number of halogens is 2. The molecule has 2 aliphatic carbocycles. The Morgan fingerprint density at radius 3 is 1.98 bits per heavy atom. The van der Waals surface area contributed by atoms with Gasteiger partial charge in [-0.25, -0.2) is 8.78 Å². The van der Waals surface area contributed by atoms with Crippen LogP contribution in [0, 0.1) is 11.8 Å². The SMILES string of the molecule is CCCc1nnc2c(=O)n(CC3CCC(F)(F)CC3)ccn12.O=c1c2nnc(C3CCOCC3)n2ccn1CC1CCCC1.